The summed E-state index contributed by atoms with van der Waals surface area (Å²) in [5.41, 5.74) is 7.04. The number of nitrogens with one attached hydrogen (secondary N) is 1. The van der Waals surface area contributed by atoms with Crippen molar-refractivity contribution in [3.05, 3.63) is 51.5 Å². The van der Waals surface area contributed by atoms with Gasteiger partial charge in [0, 0.05) is 30.7 Å². The van der Waals surface area contributed by atoms with Gasteiger partial charge in [0.2, 0.25) is 0 Å². The van der Waals surface area contributed by atoms with E-state index < -0.39 is 0 Å². The maximum Gasteiger partial charge on any atom is 0.0598 e. The van der Waals surface area contributed by atoms with Crippen LogP contribution >= 0.6 is 23.2 Å². The van der Waals surface area contributed by atoms with Gasteiger partial charge in [-0.2, -0.15) is 0 Å². The molecule has 0 aliphatic carbocycles. The van der Waals surface area contributed by atoms with E-state index in [2.05, 4.69) is 28.4 Å². The quantitative estimate of drug-likeness (QED) is 0.733. The van der Waals surface area contributed by atoms with Gasteiger partial charge in [-0.1, -0.05) is 29.3 Å². The van der Waals surface area contributed by atoms with Gasteiger partial charge >= 0.3 is 0 Å². The standard InChI is InChI=1S/C21H22Cl2N2/c22-18-5-4-13(11-19(18)23)15-9-14-3-1-2-8-25-20-6-7-24-12-17(20)16(10-15)21(14)25/h4-5,9-11,17,20,24H,1-3,6-8,12H2/t17-,20-/m0/s1. The second kappa shape index (κ2) is 6.19. The molecule has 2 nitrogen and oxygen atoms in total. The number of nitrogens with zero attached hydrogens (tertiary/aromatic N) is 1. The van der Waals surface area contributed by atoms with Crippen LogP contribution in [-0.4, -0.2) is 25.7 Å². The van der Waals surface area contributed by atoms with Crippen molar-refractivity contribution < 1.29 is 0 Å². The van der Waals surface area contributed by atoms with Crippen LogP contribution in [0.4, 0.5) is 5.69 Å². The molecule has 2 aromatic rings. The van der Waals surface area contributed by atoms with Gasteiger partial charge in [-0.15, -0.1) is 0 Å². The molecule has 0 unspecified atom stereocenters. The van der Waals surface area contributed by atoms with E-state index in [1.807, 2.05) is 12.1 Å². The molecule has 0 saturated carbocycles. The number of anilines is 1. The zero-order valence-corrected chi connectivity index (χ0v) is 15.7. The van der Waals surface area contributed by atoms with Crippen LogP contribution < -0.4 is 10.2 Å². The topological polar surface area (TPSA) is 15.3 Å². The van der Waals surface area contributed by atoms with Crippen molar-refractivity contribution >= 4 is 28.9 Å². The first kappa shape index (κ1) is 16.0. The molecule has 3 aliphatic heterocycles. The number of rotatable bonds is 1. The third-order valence-electron chi connectivity index (χ3n) is 6.10. The Morgan fingerprint density at radius 3 is 2.80 bits per heavy atom. The van der Waals surface area contributed by atoms with Gasteiger partial charge in [0.1, 0.15) is 0 Å². The fraction of sp³-hybridized carbons (Fsp3) is 0.429. The lowest BCUT2D eigenvalue weighted by Gasteiger charge is -2.33. The summed E-state index contributed by atoms with van der Waals surface area (Å²) in [4.78, 5) is 2.72. The number of benzene rings is 2. The van der Waals surface area contributed by atoms with E-state index in [9.17, 15) is 0 Å². The van der Waals surface area contributed by atoms with Crippen LogP contribution in [-0.2, 0) is 6.42 Å². The third-order valence-corrected chi connectivity index (χ3v) is 6.84. The van der Waals surface area contributed by atoms with E-state index in [1.165, 1.54) is 48.9 Å². The molecule has 3 aliphatic rings. The van der Waals surface area contributed by atoms with E-state index in [1.54, 1.807) is 5.69 Å². The minimum Gasteiger partial charge on any atom is -0.367 e. The summed E-state index contributed by atoms with van der Waals surface area (Å²) < 4.78 is 0. The Morgan fingerprint density at radius 2 is 1.92 bits per heavy atom. The number of hydrogen-bond acceptors (Lipinski definition) is 2. The number of halogens is 2. The lowest BCUT2D eigenvalue weighted by atomic mass is 9.87. The molecule has 0 radical (unpaired) electrons. The minimum atomic E-state index is 0.614. The third kappa shape index (κ3) is 2.58. The van der Waals surface area contributed by atoms with E-state index in [0.29, 0.717) is 22.0 Å². The number of aryl methyl sites for hydroxylation is 1. The highest BCUT2D eigenvalue weighted by molar-refractivity contribution is 6.42. The molecule has 0 bridgehead atoms. The lowest BCUT2D eigenvalue weighted by Crippen LogP contribution is -2.44. The smallest absolute Gasteiger partial charge is 0.0598 e. The van der Waals surface area contributed by atoms with Crippen LogP contribution in [0.2, 0.25) is 10.0 Å². The van der Waals surface area contributed by atoms with E-state index in [0.717, 1.165) is 18.7 Å². The highest BCUT2D eigenvalue weighted by Crippen LogP contribution is 2.48. The Morgan fingerprint density at radius 1 is 1.00 bits per heavy atom. The zero-order valence-electron chi connectivity index (χ0n) is 14.2. The molecule has 0 aromatic heterocycles. The first-order valence-corrected chi connectivity index (χ1v) is 10.1. The number of fused-ring (bicyclic) bond motifs is 3. The highest BCUT2D eigenvalue weighted by Gasteiger charge is 2.41. The van der Waals surface area contributed by atoms with Crippen molar-refractivity contribution in [3.63, 3.8) is 0 Å². The van der Waals surface area contributed by atoms with Crippen LogP contribution in [0, 0.1) is 0 Å². The lowest BCUT2D eigenvalue weighted by molar-refractivity contribution is 0.401. The molecule has 2 aromatic carbocycles. The van der Waals surface area contributed by atoms with Crippen LogP contribution in [0.25, 0.3) is 11.1 Å². The number of piperidine rings is 1. The highest BCUT2D eigenvalue weighted by atomic mass is 35.5. The Bertz CT molecular complexity index is 833. The monoisotopic (exact) mass is 372 g/mol. The SMILES string of the molecule is Clc1ccc(-c2cc3c4c(c2)[C@@H]2CNCC[C@@H]2N4CCCC3)cc1Cl. The maximum absolute atomic E-state index is 6.28. The predicted molar refractivity (Wildman–Crippen MR) is 106 cm³/mol. The average Bonchev–Trinajstić information content (AvgIpc) is 2.79. The fourth-order valence-electron chi connectivity index (χ4n) is 4.96. The zero-order chi connectivity index (χ0) is 17.0. The largest absolute Gasteiger partial charge is 0.367 e. The summed E-state index contributed by atoms with van der Waals surface area (Å²) in [5, 5.41) is 4.85. The fourth-order valence-corrected chi connectivity index (χ4v) is 5.26. The van der Waals surface area contributed by atoms with Crippen molar-refractivity contribution in [2.24, 2.45) is 0 Å². The van der Waals surface area contributed by atoms with Crippen LogP contribution in [0.3, 0.4) is 0 Å². The predicted octanol–water partition coefficient (Wildman–Crippen LogP) is 5.26. The second-order valence-electron chi connectivity index (χ2n) is 7.52. The minimum absolute atomic E-state index is 0.614. The van der Waals surface area contributed by atoms with Crippen molar-refractivity contribution in [2.75, 3.05) is 24.5 Å². The van der Waals surface area contributed by atoms with Gasteiger partial charge in [0.15, 0.2) is 0 Å². The van der Waals surface area contributed by atoms with Gasteiger partial charge in [0.05, 0.1) is 10.0 Å². The van der Waals surface area contributed by atoms with Gasteiger partial charge in [-0.3, -0.25) is 0 Å². The molecule has 25 heavy (non-hydrogen) atoms. The molecular formula is C21H22Cl2N2. The number of hydrogen-bond donors (Lipinski definition) is 1. The van der Waals surface area contributed by atoms with Gasteiger partial charge in [-0.05, 0) is 78.7 Å². The molecule has 130 valence electrons. The Hall–Kier alpha value is -1.22. The Kier molecular flexibility index (Phi) is 3.96. The molecule has 0 spiro atoms. The van der Waals surface area contributed by atoms with Gasteiger partial charge < -0.3 is 10.2 Å². The van der Waals surface area contributed by atoms with Crippen LogP contribution in [0.15, 0.2) is 30.3 Å². The summed E-state index contributed by atoms with van der Waals surface area (Å²) in [5.74, 6) is 0.614. The molecule has 0 amide bonds. The molecule has 1 N–H and O–H groups in total. The van der Waals surface area contributed by atoms with Crippen LogP contribution in [0.5, 0.6) is 0 Å². The first-order valence-electron chi connectivity index (χ1n) is 9.32. The molecule has 4 heteroatoms. The van der Waals surface area contributed by atoms with Gasteiger partial charge in [0.25, 0.3) is 0 Å². The van der Waals surface area contributed by atoms with Crippen molar-refractivity contribution in [3.8, 4) is 11.1 Å². The van der Waals surface area contributed by atoms with Crippen molar-refractivity contribution in [1.82, 2.24) is 5.32 Å². The van der Waals surface area contributed by atoms with Gasteiger partial charge in [-0.25, -0.2) is 0 Å². The second-order valence-corrected chi connectivity index (χ2v) is 8.33. The van der Waals surface area contributed by atoms with E-state index in [-0.39, 0.29) is 0 Å². The summed E-state index contributed by atoms with van der Waals surface area (Å²) in [6, 6.07) is 11.5. The summed E-state index contributed by atoms with van der Waals surface area (Å²) in [6.07, 6.45) is 5.01. The molecule has 1 saturated heterocycles. The molecular weight excluding hydrogens is 351 g/mol. The van der Waals surface area contributed by atoms with E-state index in [4.69, 9.17) is 23.2 Å². The van der Waals surface area contributed by atoms with E-state index >= 15 is 0 Å². The van der Waals surface area contributed by atoms with Crippen molar-refractivity contribution in [2.45, 2.75) is 37.6 Å². The van der Waals surface area contributed by atoms with Crippen LogP contribution in [0.1, 0.15) is 36.3 Å². The maximum atomic E-state index is 6.28. The molecule has 5 rings (SSSR count). The normalized spacial score (nSPS) is 24.6. The Balaban J connectivity index is 1.67. The molecule has 1 fully saturated rings. The Labute approximate surface area is 159 Å². The summed E-state index contributed by atoms with van der Waals surface area (Å²) >= 11 is 12.4. The molecule has 3 heterocycles. The average molecular weight is 373 g/mol. The summed E-state index contributed by atoms with van der Waals surface area (Å²) in [7, 11) is 0. The summed E-state index contributed by atoms with van der Waals surface area (Å²) in [6.45, 7) is 3.45. The van der Waals surface area contributed by atoms with Crippen molar-refractivity contribution in [1.29, 1.82) is 0 Å². The first-order chi connectivity index (χ1) is 12.2. The molecule has 2 atom stereocenters.